The van der Waals surface area contributed by atoms with Gasteiger partial charge in [-0.15, -0.1) is 10.2 Å². The average Bonchev–Trinajstić information content (AvgIpc) is 3.23. The summed E-state index contributed by atoms with van der Waals surface area (Å²) in [6.07, 6.45) is -2.32. The Labute approximate surface area is 180 Å². The fourth-order valence-corrected chi connectivity index (χ4v) is 4.48. The van der Waals surface area contributed by atoms with Crippen LogP contribution in [0.1, 0.15) is 24.3 Å². The highest BCUT2D eigenvalue weighted by Crippen LogP contribution is 2.25. The molecule has 0 aliphatic rings. The molecule has 0 saturated heterocycles. The summed E-state index contributed by atoms with van der Waals surface area (Å²) in [4.78, 5) is 1.94. The summed E-state index contributed by atoms with van der Waals surface area (Å²) in [5.74, 6) is -0.729. The lowest BCUT2D eigenvalue weighted by molar-refractivity contribution is 0.116. The molecular formula is C21H24F2N4O3S. The van der Waals surface area contributed by atoms with Crippen LogP contribution in [-0.2, 0) is 16.6 Å². The van der Waals surface area contributed by atoms with Crippen molar-refractivity contribution in [3.63, 3.8) is 0 Å². The monoisotopic (exact) mass is 450 g/mol. The van der Waals surface area contributed by atoms with Crippen molar-refractivity contribution in [3.05, 3.63) is 66.1 Å². The van der Waals surface area contributed by atoms with Gasteiger partial charge in [-0.1, -0.05) is 30.3 Å². The summed E-state index contributed by atoms with van der Waals surface area (Å²) in [7, 11) is 0.244. The highest BCUT2D eigenvalue weighted by Gasteiger charge is 2.23. The molecular weight excluding hydrogens is 426 g/mol. The van der Waals surface area contributed by atoms with Crippen molar-refractivity contribution in [2.75, 3.05) is 30.7 Å². The maximum Gasteiger partial charge on any atom is 0.314 e. The van der Waals surface area contributed by atoms with Crippen LogP contribution in [0.2, 0.25) is 0 Å². The predicted molar refractivity (Wildman–Crippen MR) is 114 cm³/mol. The normalized spacial score (nSPS) is 11.9. The molecule has 7 nitrogen and oxygen atoms in total. The lowest BCUT2D eigenvalue weighted by Gasteiger charge is -2.25. The molecule has 0 atom stereocenters. The molecule has 0 spiro atoms. The Balaban J connectivity index is 1.80. The number of alkyl halides is 2. The molecule has 1 heterocycles. The second-order valence-corrected chi connectivity index (χ2v) is 9.27. The number of hydrogen-bond donors (Lipinski definition) is 0. The number of anilines is 1. The zero-order valence-corrected chi connectivity index (χ0v) is 18.1. The number of benzene rings is 2. The van der Waals surface area contributed by atoms with Crippen molar-refractivity contribution in [2.45, 2.75) is 19.4 Å². The van der Waals surface area contributed by atoms with E-state index in [-0.39, 0.29) is 18.2 Å². The Morgan fingerprint density at radius 2 is 1.68 bits per heavy atom. The van der Waals surface area contributed by atoms with Crippen LogP contribution in [0.15, 0.2) is 59.0 Å². The van der Waals surface area contributed by atoms with E-state index >= 15 is 0 Å². The fourth-order valence-electron chi connectivity index (χ4n) is 2.98. The van der Waals surface area contributed by atoms with Crippen LogP contribution < -0.4 is 4.31 Å². The minimum atomic E-state index is -3.56. The van der Waals surface area contributed by atoms with E-state index in [2.05, 4.69) is 10.2 Å². The standard InChI is InChI=1S/C21H24F2N4O3S/c1-26(2)13-6-14-31(28,29)27(18-7-4-3-5-8-18)15-16-9-11-17(12-10-16)20-24-25-21(30-20)19(22)23/h3-5,7-12,19H,6,13-15H2,1-2H3. The Bertz CT molecular complexity index is 1070. The van der Waals surface area contributed by atoms with E-state index in [9.17, 15) is 17.2 Å². The molecule has 3 rings (SSSR count). The van der Waals surface area contributed by atoms with Crippen molar-refractivity contribution < 1.29 is 21.6 Å². The first-order chi connectivity index (χ1) is 14.8. The Morgan fingerprint density at radius 3 is 2.26 bits per heavy atom. The van der Waals surface area contributed by atoms with Gasteiger partial charge in [0.15, 0.2) is 0 Å². The van der Waals surface area contributed by atoms with Gasteiger partial charge in [0.25, 0.3) is 5.89 Å². The van der Waals surface area contributed by atoms with Gasteiger partial charge in [0.1, 0.15) is 0 Å². The van der Waals surface area contributed by atoms with Crippen LogP contribution in [0, 0.1) is 0 Å². The lowest BCUT2D eigenvalue weighted by Crippen LogP contribution is -2.33. The molecule has 1 aromatic heterocycles. The zero-order chi connectivity index (χ0) is 22.4. The first-order valence-electron chi connectivity index (χ1n) is 9.67. The van der Waals surface area contributed by atoms with Crippen molar-refractivity contribution in [1.29, 1.82) is 0 Å². The molecule has 0 bridgehead atoms. The van der Waals surface area contributed by atoms with Crippen molar-refractivity contribution in [3.8, 4) is 11.5 Å². The van der Waals surface area contributed by atoms with E-state index in [1.807, 2.05) is 25.1 Å². The van der Waals surface area contributed by atoms with Gasteiger partial charge < -0.3 is 9.32 Å². The topological polar surface area (TPSA) is 79.5 Å². The number of hydrogen-bond acceptors (Lipinski definition) is 6. The van der Waals surface area contributed by atoms with Crippen LogP contribution in [0.3, 0.4) is 0 Å². The highest BCUT2D eigenvalue weighted by molar-refractivity contribution is 7.92. The molecule has 0 N–H and O–H groups in total. The molecule has 0 fully saturated rings. The van der Waals surface area contributed by atoms with E-state index < -0.39 is 22.3 Å². The number of halogens is 2. The predicted octanol–water partition coefficient (Wildman–Crippen LogP) is 3.96. The number of aromatic nitrogens is 2. The molecule has 0 aliphatic heterocycles. The van der Waals surface area contributed by atoms with Crippen LogP contribution in [0.5, 0.6) is 0 Å². The van der Waals surface area contributed by atoms with E-state index in [0.717, 1.165) is 5.56 Å². The first-order valence-corrected chi connectivity index (χ1v) is 11.3. The Hall–Kier alpha value is -2.85. The number of sulfonamides is 1. The third kappa shape index (κ3) is 6.08. The molecule has 0 amide bonds. The minimum absolute atomic E-state index is 0.0157. The maximum atomic E-state index is 13.1. The average molecular weight is 451 g/mol. The number of rotatable bonds is 10. The van der Waals surface area contributed by atoms with Gasteiger partial charge in [0, 0.05) is 5.56 Å². The summed E-state index contributed by atoms with van der Waals surface area (Å²) in [5, 5.41) is 6.94. The number of nitrogens with zero attached hydrogens (tertiary/aromatic N) is 4. The second-order valence-electron chi connectivity index (χ2n) is 7.26. The molecule has 0 aliphatic carbocycles. The van der Waals surface area contributed by atoms with Gasteiger partial charge in [-0.2, -0.15) is 8.78 Å². The van der Waals surface area contributed by atoms with Gasteiger partial charge in [0.2, 0.25) is 15.9 Å². The van der Waals surface area contributed by atoms with E-state index in [1.54, 1.807) is 48.5 Å². The third-order valence-electron chi connectivity index (χ3n) is 4.54. The first kappa shape index (κ1) is 22.8. The second kappa shape index (κ2) is 9.97. The van der Waals surface area contributed by atoms with Gasteiger partial charge in [0.05, 0.1) is 18.0 Å². The molecule has 0 radical (unpaired) electrons. The molecule has 0 saturated carbocycles. The maximum absolute atomic E-state index is 13.1. The number of para-hydroxylation sites is 1. The Kier molecular flexibility index (Phi) is 7.34. The Morgan fingerprint density at radius 1 is 1.00 bits per heavy atom. The van der Waals surface area contributed by atoms with Crippen LogP contribution in [-0.4, -0.2) is 49.9 Å². The van der Waals surface area contributed by atoms with E-state index in [0.29, 0.717) is 24.2 Å². The summed E-state index contributed by atoms with van der Waals surface area (Å²) in [6, 6.07) is 15.6. The van der Waals surface area contributed by atoms with E-state index in [4.69, 9.17) is 4.42 Å². The zero-order valence-electron chi connectivity index (χ0n) is 17.3. The fraction of sp³-hybridized carbons (Fsp3) is 0.333. The van der Waals surface area contributed by atoms with E-state index in [1.165, 1.54) is 4.31 Å². The van der Waals surface area contributed by atoms with Gasteiger partial charge >= 0.3 is 6.43 Å². The van der Waals surface area contributed by atoms with Crippen molar-refractivity contribution in [2.24, 2.45) is 0 Å². The highest BCUT2D eigenvalue weighted by atomic mass is 32.2. The van der Waals surface area contributed by atoms with Crippen LogP contribution >= 0.6 is 0 Å². The molecule has 3 aromatic rings. The molecule has 31 heavy (non-hydrogen) atoms. The van der Waals surface area contributed by atoms with Gasteiger partial charge in [-0.3, -0.25) is 4.31 Å². The van der Waals surface area contributed by atoms with Crippen molar-refractivity contribution >= 4 is 15.7 Å². The molecule has 166 valence electrons. The lowest BCUT2D eigenvalue weighted by atomic mass is 10.1. The SMILES string of the molecule is CN(C)CCCS(=O)(=O)N(Cc1ccc(-c2nnc(C(F)F)o2)cc1)c1ccccc1. The van der Waals surface area contributed by atoms with Gasteiger partial charge in [-0.05, 0) is 56.9 Å². The van der Waals surface area contributed by atoms with Crippen LogP contribution in [0.4, 0.5) is 14.5 Å². The quantitative estimate of drug-likeness (QED) is 0.465. The summed E-state index contributed by atoms with van der Waals surface area (Å²) in [5.41, 5.74) is 1.79. The summed E-state index contributed by atoms with van der Waals surface area (Å²) >= 11 is 0. The third-order valence-corrected chi connectivity index (χ3v) is 6.36. The summed E-state index contributed by atoms with van der Waals surface area (Å²) < 4.78 is 57.8. The minimum Gasteiger partial charge on any atom is -0.415 e. The molecule has 2 aromatic carbocycles. The molecule has 10 heteroatoms. The molecule has 0 unspecified atom stereocenters. The summed E-state index contributed by atoms with van der Waals surface area (Å²) in [6.45, 7) is 0.808. The van der Waals surface area contributed by atoms with Crippen molar-refractivity contribution in [1.82, 2.24) is 15.1 Å². The van der Waals surface area contributed by atoms with Crippen LogP contribution in [0.25, 0.3) is 11.5 Å². The van der Waals surface area contributed by atoms with Gasteiger partial charge in [-0.25, -0.2) is 8.42 Å². The largest absolute Gasteiger partial charge is 0.415 e. The smallest absolute Gasteiger partial charge is 0.314 e.